The standard InChI is InChI=1S/C25H33ClN2O6S2/c1-3-10-27-35(29,30)24-6-4-18-14-22(15-19(18)16-24)28(36(31,32)23-7-8-23)17-20-13-21(26)5-9-25(20)34-12-11-33-2/h4-6,9,13,16,22-23,27H,3,7-8,10-12,14-15,17H2,1-2H3. The quantitative estimate of drug-likeness (QED) is 0.379. The summed E-state index contributed by atoms with van der Waals surface area (Å²) in [6, 6.07) is 9.96. The summed E-state index contributed by atoms with van der Waals surface area (Å²) in [6.45, 7) is 3.13. The predicted molar refractivity (Wildman–Crippen MR) is 139 cm³/mol. The van der Waals surface area contributed by atoms with E-state index in [-0.39, 0.29) is 22.7 Å². The fourth-order valence-corrected chi connectivity index (χ4v) is 7.84. The molecule has 0 spiro atoms. The summed E-state index contributed by atoms with van der Waals surface area (Å²) in [5.74, 6) is 0.568. The van der Waals surface area contributed by atoms with Gasteiger partial charge in [-0.25, -0.2) is 21.6 Å². The lowest BCUT2D eigenvalue weighted by molar-refractivity contribution is 0.145. The number of nitrogens with one attached hydrogen (secondary N) is 1. The van der Waals surface area contributed by atoms with Gasteiger partial charge in [0.1, 0.15) is 12.4 Å². The zero-order valence-corrected chi connectivity index (χ0v) is 23.0. The summed E-state index contributed by atoms with van der Waals surface area (Å²) in [6.07, 6.45) is 2.96. The monoisotopic (exact) mass is 556 g/mol. The zero-order chi connectivity index (χ0) is 25.9. The lowest BCUT2D eigenvalue weighted by Gasteiger charge is -2.29. The van der Waals surface area contributed by atoms with Crippen molar-refractivity contribution in [1.82, 2.24) is 9.03 Å². The van der Waals surface area contributed by atoms with Crippen LogP contribution in [0.15, 0.2) is 41.3 Å². The van der Waals surface area contributed by atoms with Crippen molar-refractivity contribution in [3.8, 4) is 5.75 Å². The van der Waals surface area contributed by atoms with Crippen molar-refractivity contribution in [1.29, 1.82) is 0 Å². The zero-order valence-electron chi connectivity index (χ0n) is 20.6. The highest BCUT2D eigenvalue weighted by molar-refractivity contribution is 7.90. The van der Waals surface area contributed by atoms with Gasteiger partial charge in [-0.3, -0.25) is 0 Å². The minimum absolute atomic E-state index is 0.129. The van der Waals surface area contributed by atoms with Gasteiger partial charge < -0.3 is 9.47 Å². The van der Waals surface area contributed by atoms with Crippen LogP contribution in [-0.4, -0.2) is 59.3 Å². The third-order valence-electron chi connectivity index (χ3n) is 6.51. The summed E-state index contributed by atoms with van der Waals surface area (Å²) in [5, 5.41) is 0.115. The number of sulfonamides is 2. The van der Waals surface area contributed by atoms with Crippen LogP contribution in [0.3, 0.4) is 0 Å². The van der Waals surface area contributed by atoms with Crippen molar-refractivity contribution >= 4 is 31.6 Å². The molecule has 1 atom stereocenters. The Labute approximate surface area is 219 Å². The Morgan fingerprint density at radius 3 is 2.47 bits per heavy atom. The molecule has 0 amide bonds. The van der Waals surface area contributed by atoms with Crippen molar-refractivity contribution in [2.45, 2.75) is 61.8 Å². The molecule has 4 rings (SSSR count). The molecule has 0 heterocycles. The van der Waals surface area contributed by atoms with Crippen molar-refractivity contribution in [3.63, 3.8) is 0 Å². The SMILES string of the molecule is CCCNS(=O)(=O)c1ccc2c(c1)CC(N(Cc1cc(Cl)ccc1OCCOC)S(=O)(=O)C1CC1)C2. The number of rotatable bonds is 13. The van der Waals surface area contributed by atoms with Gasteiger partial charge in [-0.15, -0.1) is 0 Å². The number of ether oxygens (including phenoxy) is 2. The number of fused-ring (bicyclic) bond motifs is 1. The fraction of sp³-hybridized carbons (Fsp3) is 0.520. The van der Waals surface area contributed by atoms with Gasteiger partial charge in [0, 0.05) is 36.8 Å². The van der Waals surface area contributed by atoms with E-state index in [4.69, 9.17) is 21.1 Å². The maximum atomic E-state index is 13.6. The van der Waals surface area contributed by atoms with E-state index >= 15 is 0 Å². The van der Waals surface area contributed by atoms with Gasteiger partial charge in [0.05, 0.1) is 16.8 Å². The molecule has 1 fully saturated rings. The topological polar surface area (TPSA) is 102 Å². The van der Waals surface area contributed by atoms with Crippen LogP contribution in [0.1, 0.15) is 42.9 Å². The molecule has 0 radical (unpaired) electrons. The minimum Gasteiger partial charge on any atom is -0.491 e. The lowest BCUT2D eigenvalue weighted by Crippen LogP contribution is -2.42. The van der Waals surface area contributed by atoms with Gasteiger partial charge in [-0.1, -0.05) is 24.6 Å². The Balaban J connectivity index is 1.61. The first-order valence-corrected chi connectivity index (χ1v) is 15.5. The molecule has 8 nitrogen and oxygen atoms in total. The Morgan fingerprint density at radius 2 is 1.78 bits per heavy atom. The smallest absolute Gasteiger partial charge is 0.240 e. The molecule has 0 aliphatic heterocycles. The molecular formula is C25H33ClN2O6S2. The maximum absolute atomic E-state index is 13.6. The van der Waals surface area contributed by atoms with E-state index in [9.17, 15) is 16.8 Å². The Hall–Kier alpha value is -1.69. The molecule has 36 heavy (non-hydrogen) atoms. The van der Waals surface area contributed by atoms with Crippen molar-refractivity contribution < 1.29 is 26.3 Å². The molecule has 0 saturated heterocycles. The summed E-state index contributed by atoms with van der Waals surface area (Å²) in [7, 11) is -5.57. The maximum Gasteiger partial charge on any atom is 0.240 e. The molecule has 2 aliphatic carbocycles. The van der Waals surface area contributed by atoms with Gasteiger partial charge in [-0.2, -0.15) is 4.31 Å². The van der Waals surface area contributed by atoms with Crippen molar-refractivity contribution in [2.24, 2.45) is 0 Å². The first-order chi connectivity index (χ1) is 17.2. The number of hydrogen-bond donors (Lipinski definition) is 1. The first-order valence-electron chi connectivity index (χ1n) is 12.2. The van der Waals surface area contributed by atoms with Crippen LogP contribution < -0.4 is 9.46 Å². The molecule has 1 saturated carbocycles. The second-order valence-corrected chi connectivity index (χ2v) is 13.6. The summed E-state index contributed by atoms with van der Waals surface area (Å²) < 4.78 is 67.5. The third-order valence-corrected chi connectivity index (χ3v) is 10.6. The van der Waals surface area contributed by atoms with Gasteiger partial charge in [0.2, 0.25) is 20.0 Å². The molecule has 1 N–H and O–H groups in total. The largest absolute Gasteiger partial charge is 0.491 e. The molecule has 1 unspecified atom stereocenters. The van der Waals surface area contributed by atoms with E-state index in [0.717, 1.165) is 11.1 Å². The number of nitrogens with zero attached hydrogens (tertiary/aromatic N) is 1. The predicted octanol–water partition coefficient (Wildman–Crippen LogP) is 3.52. The number of halogens is 1. The van der Waals surface area contributed by atoms with E-state index in [1.54, 1.807) is 47.8 Å². The van der Waals surface area contributed by atoms with E-state index < -0.39 is 20.0 Å². The first kappa shape index (κ1) is 27.3. The molecule has 2 aromatic rings. The molecule has 2 aromatic carbocycles. The normalized spacial score (nSPS) is 17.9. The van der Waals surface area contributed by atoms with Gasteiger partial charge >= 0.3 is 0 Å². The molecule has 0 bridgehead atoms. The van der Waals surface area contributed by atoms with Crippen LogP contribution in [0, 0.1) is 0 Å². The van der Waals surface area contributed by atoms with Gasteiger partial charge in [-0.05, 0) is 73.6 Å². The second-order valence-electron chi connectivity index (χ2n) is 9.27. The molecule has 0 aromatic heterocycles. The van der Waals surface area contributed by atoms with Crippen LogP contribution in [0.25, 0.3) is 0 Å². The van der Waals surface area contributed by atoms with Crippen LogP contribution in [0.5, 0.6) is 5.75 Å². The Morgan fingerprint density at radius 1 is 1.03 bits per heavy atom. The number of hydrogen-bond acceptors (Lipinski definition) is 6. The average Bonchev–Trinajstić information content (AvgIpc) is 3.62. The van der Waals surface area contributed by atoms with Gasteiger partial charge in [0.25, 0.3) is 0 Å². The lowest BCUT2D eigenvalue weighted by atomic mass is 10.1. The van der Waals surface area contributed by atoms with Crippen molar-refractivity contribution in [2.75, 3.05) is 26.9 Å². The highest BCUT2D eigenvalue weighted by Gasteiger charge is 2.44. The molecule has 198 valence electrons. The van der Waals surface area contributed by atoms with Crippen LogP contribution >= 0.6 is 11.6 Å². The van der Waals surface area contributed by atoms with Crippen LogP contribution in [-0.2, 0) is 44.2 Å². The van der Waals surface area contributed by atoms with Gasteiger partial charge in [0.15, 0.2) is 0 Å². The highest BCUT2D eigenvalue weighted by atomic mass is 35.5. The minimum atomic E-state index is -3.61. The summed E-state index contributed by atoms with van der Waals surface area (Å²) >= 11 is 6.27. The van der Waals surface area contributed by atoms with E-state index in [1.165, 1.54) is 0 Å². The molecule has 11 heteroatoms. The third kappa shape index (κ3) is 6.23. The summed E-state index contributed by atoms with van der Waals surface area (Å²) in [4.78, 5) is 0.204. The Kier molecular flexibility index (Phi) is 8.63. The highest BCUT2D eigenvalue weighted by Crippen LogP contribution is 2.38. The summed E-state index contributed by atoms with van der Waals surface area (Å²) in [5.41, 5.74) is 2.51. The molecular weight excluding hydrogens is 524 g/mol. The van der Waals surface area contributed by atoms with Crippen molar-refractivity contribution in [3.05, 3.63) is 58.1 Å². The molecule has 2 aliphatic rings. The fourth-order valence-electron chi connectivity index (χ4n) is 4.46. The van der Waals surface area contributed by atoms with Crippen LogP contribution in [0.2, 0.25) is 5.02 Å². The number of benzene rings is 2. The Bertz CT molecular complexity index is 1300. The second kappa shape index (κ2) is 11.4. The van der Waals surface area contributed by atoms with E-state index in [0.29, 0.717) is 68.2 Å². The van der Waals surface area contributed by atoms with E-state index in [2.05, 4.69) is 4.72 Å². The average molecular weight is 557 g/mol. The number of methoxy groups -OCH3 is 1. The van der Waals surface area contributed by atoms with Crippen LogP contribution in [0.4, 0.5) is 0 Å². The van der Waals surface area contributed by atoms with E-state index in [1.807, 2.05) is 6.92 Å².